The Morgan fingerprint density at radius 3 is 2.69 bits per heavy atom. The molecule has 0 bridgehead atoms. The maximum Gasteiger partial charge on any atom is 0.227 e. The van der Waals surface area contributed by atoms with Gasteiger partial charge in [0.05, 0.1) is 35.6 Å². The number of methoxy groups -OCH3 is 1. The summed E-state index contributed by atoms with van der Waals surface area (Å²) in [6.07, 6.45) is 3.50. The van der Waals surface area contributed by atoms with Gasteiger partial charge in [-0.3, -0.25) is 0 Å². The van der Waals surface area contributed by atoms with Crippen LogP contribution >= 0.6 is 0 Å². The second-order valence-corrected chi connectivity index (χ2v) is 9.03. The van der Waals surface area contributed by atoms with Gasteiger partial charge in [0.15, 0.2) is 11.5 Å². The summed E-state index contributed by atoms with van der Waals surface area (Å²) < 4.78 is 22.4. The van der Waals surface area contributed by atoms with Gasteiger partial charge in [0, 0.05) is 49.9 Å². The molecule has 1 aromatic carbocycles. The van der Waals surface area contributed by atoms with E-state index in [1.54, 1.807) is 25.4 Å². The van der Waals surface area contributed by atoms with Crippen LogP contribution < -0.4 is 26.0 Å². The summed E-state index contributed by atoms with van der Waals surface area (Å²) in [5.74, 6) is 0.735. The summed E-state index contributed by atoms with van der Waals surface area (Å²) in [5, 5.41) is 6.33. The summed E-state index contributed by atoms with van der Waals surface area (Å²) in [6.45, 7) is 7.64. The molecule has 10 heteroatoms. The molecule has 0 saturated heterocycles. The van der Waals surface area contributed by atoms with E-state index in [1.807, 2.05) is 37.7 Å². The van der Waals surface area contributed by atoms with Crippen LogP contribution in [0.5, 0.6) is 5.75 Å². The lowest BCUT2D eigenvalue weighted by molar-refractivity contribution is 0.417. The fourth-order valence-corrected chi connectivity index (χ4v) is 4.35. The van der Waals surface area contributed by atoms with Gasteiger partial charge in [-0.15, -0.1) is 0 Å². The van der Waals surface area contributed by atoms with Crippen LogP contribution in [-0.2, 0) is 0 Å². The minimum atomic E-state index is -0.400. The van der Waals surface area contributed by atoms with Crippen molar-refractivity contribution in [1.29, 1.82) is 0 Å². The van der Waals surface area contributed by atoms with E-state index in [-0.39, 0.29) is 5.92 Å². The van der Waals surface area contributed by atoms with Gasteiger partial charge in [-0.25, -0.2) is 19.3 Å². The Balaban J connectivity index is 1.68. The van der Waals surface area contributed by atoms with Crippen LogP contribution in [0.4, 0.5) is 27.4 Å². The molecule has 4 N–H and O–H groups in total. The zero-order valence-corrected chi connectivity index (χ0v) is 21.6. The molecule has 36 heavy (non-hydrogen) atoms. The van der Waals surface area contributed by atoms with E-state index < -0.39 is 5.82 Å². The third kappa shape index (κ3) is 4.90. The molecule has 0 saturated carbocycles. The van der Waals surface area contributed by atoms with E-state index in [0.717, 1.165) is 30.2 Å². The van der Waals surface area contributed by atoms with Crippen molar-refractivity contribution in [1.82, 2.24) is 24.7 Å². The molecule has 0 aliphatic heterocycles. The lowest BCUT2D eigenvalue weighted by Crippen LogP contribution is -2.27. The average molecular weight is 493 g/mol. The Kier molecular flexibility index (Phi) is 7.25. The number of nitrogens with one attached hydrogen (secondary N) is 2. The third-order valence-electron chi connectivity index (χ3n) is 6.10. The lowest BCUT2D eigenvalue weighted by atomic mass is 10.1. The number of hydrogen-bond acceptors (Lipinski definition) is 8. The second-order valence-electron chi connectivity index (χ2n) is 9.03. The van der Waals surface area contributed by atoms with Crippen molar-refractivity contribution in [3.63, 3.8) is 0 Å². The maximum absolute atomic E-state index is 15.0. The van der Waals surface area contributed by atoms with Crippen LogP contribution in [0.3, 0.4) is 0 Å². The monoisotopic (exact) mass is 492 g/mol. The number of imidazole rings is 1. The van der Waals surface area contributed by atoms with Crippen molar-refractivity contribution in [2.75, 3.05) is 50.2 Å². The molecular weight excluding hydrogens is 459 g/mol. The molecule has 0 radical (unpaired) electrons. The Morgan fingerprint density at radius 1 is 1.22 bits per heavy atom. The molecule has 0 spiro atoms. The van der Waals surface area contributed by atoms with Gasteiger partial charge < -0.3 is 30.4 Å². The number of benzene rings is 1. The second kappa shape index (κ2) is 10.4. The number of aryl methyl sites for hydroxylation is 1. The van der Waals surface area contributed by atoms with Gasteiger partial charge in [-0.2, -0.15) is 0 Å². The Labute approximate surface area is 210 Å². The number of likely N-dealkylation sites (N-methyl/N-ethyl adjacent to an activating group) is 2. The smallest absolute Gasteiger partial charge is 0.227 e. The lowest BCUT2D eigenvalue weighted by Gasteiger charge is -2.23. The van der Waals surface area contributed by atoms with Crippen LogP contribution in [0.1, 0.15) is 31.2 Å². The fourth-order valence-electron chi connectivity index (χ4n) is 4.35. The Hall–Kier alpha value is -3.92. The first-order chi connectivity index (χ1) is 17.2. The number of halogens is 1. The van der Waals surface area contributed by atoms with Crippen LogP contribution in [0, 0.1) is 12.7 Å². The first kappa shape index (κ1) is 25.2. The van der Waals surface area contributed by atoms with Crippen LogP contribution in [0.25, 0.3) is 16.9 Å². The first-order valence-corrected chi connectivity index (χ1v) is 11.8. The summed E-state index contributed by atoms with van der Waals surface area (Å²) in [7, 11) is 5.48. The SMILES string of the molecule is CNCCN(C)c1cc(OC)c(Nc2nccc(-c3cc(F)c4nc(C)c(C(C)C)n4c3)n2)cc1N. The summed E-state index contributed by atoms with van der Waals surface area (Å²) in [4.78, 5) is 15.5. The molecule has 0 aliphatic carbocycles. The van der Waals surface area contributed by atoms with Crippen LogP contribution in [0.2, 0.25) is 0 Å². The minimum Gasteiger partial charge on any atom is -0.494 e. The van der Waals surface area contributed by atoms with Crippen molar-refractivity contribution >= 4 is 28.7 Å². The molecule has 3 heterocycles. The van der Waals surface area contributed by atoms with Gasteiger partial charge in [0.2, 0.25) is 5.95 Å². The van der Waals surface area contributed by atoms with E-state index in [4.69, 9.17) is 10.5 Å². The Morgan fingerprint density at radius 2 is 2.00 bits per heavy atom. The summed E-state index contributed by atoms with van der Waals surface area (Å²) in [5.41, 5.74) is 11.7. The minimum absolute atomic E-state index is 0.190. The molecule has 0 aliphatic rings. The Bertz CT molecular complexity index is 1380. The van der Waals surface area contributed by atoms with E-state index in [1.165, 1.54) is 6.07 Å². The number of hydrogen-bond donors (Lipinski definition) is 3. The number of rotatable bonds is 9. The molecule has 0 amide bonds. The van der Waals surface area contributed by atoms with Crippen LogP contribution in [0.15, 0.2) is 36.7 Å². The fraction of sp³-hybridized carbons (Fsp3) is 0.346. The molecular formula is C26H33FN8O. The molecule has 3 aromatic heterocycles. The predicted molar refractivity (Wildman–Crippen MR) is 143 cm³/mol. The number of nitrogens with two attached hydrogens (primary N) is 1. The maximum atomic E-state index is 15.0. The quantitative estimate of drug-likeness (QED) is 0.296. The molecule has 0 fully saturated rings. The molecule has 0 unspecified atom stereocenters. The third-order valence-corrected chi connectivity index (χ3v) is 6.10. The highest BCUT2D eigenvalue weighted by molar-refractivity contribution is 5.79. The van der Waals surface area contributed by atoms with Crippen molar-refractivity contribution in [3.05, 3.63) is 53.9 Å². The number of aromatic nitrogens is 4. The number of fused-ring (bicyclic) bond motifs is 1. The van der Waals surface area contributed by atoms with Gasteiger partial charge >= 0.3 is 0 Å². The highest BCUT2D eigenvalue weighted by atomic mass is 19.1. The number of nitrogen functional groups attached to an aromatic ring is 1. The zero-order valence-electron chi connectivity index (χ0n) is 21.6. The highest BCUT2D eigenvalue weighted by Gasteiger charge is 2.18. The van der Waals surface area contributed by atoms with Gasteiger partial charge in [0.1, 0.15) is 5.75 Å². The molecule has 4 rings (SSSR count). The summed E-state index contributed by atoms with van der Waals surface area (Å²) >= 11 is 0. The van der Waals surface area contributed by atoms with E-state index in [2.05, 4.69) is 44.3 Å². The van der Waals surface area contributed by atoms with Crippen molar-refractivity contribution in [3.8, 4) is 17.0 Å². The van der Waals surface area contributed by atoms with E-state index in [0.29, 0.717) is 40.0 Å². The highest BCUT2D eigenvalue weighted by Crippen LogP contribution is 2.36. The number of ether oxygens (including phenoxy) is 1. The zero-order chi connectivity index (χ0) is 26.0. The standard InChI is InChI=1S/C26H33FN8O/c1-15(2)24-16(3)31-25-18(27)11-17(14-35(24)25)20-7-8-30-26(32-20)33-21-12-19(28)22(13-23(21)36-6)34(5)10-9-29-4/h7-8,11-15,29H,9-10,28H2,1-6H3,(H,30,32,33). The van der Waals surface area contributed by atoms with Crippen molar-refractivity contribution in [2.24, 2.45) is 0 Å². The van der Waals surface area contributed by atoms with Gasteiger partial charge in [0.25, 0.3) is 0 Å². The van der Waals surface area contributed by atoms with E-state index in [9.17, 15) is 4.39 Å². The number of pyridine rings is 1. The van der Waals surface area contributed by atoms with Gasteiger partial charge in [-0.1, -0.05) is 13.8 Å². The molecule has 0 atom stereocenters. The largest absolute Gasteiger partial charge is 0.494 e. The first-order valence-electron chi connectivity index (χ1n) is 11.8. The number of nitrogens with zero attached hydrogens (tertiary/aromatic N) is 5. The topological polar surface area (TPSA) is 106 Å². The molecule has 4 aromatic rings. The normalized spacial score (nSPS) is 11.3. The molecule has 190 valence electrons. The summed E-state index contributed by atoms with van der Waals surface area (Å²) in [6, 6.07) is 6.88. The van der Waals surface area contributed by atoms with Crippen molar-refractivity contribution < 1.29 is 9.13 Å². The average Bonchev–Trinajstić information content (AvgIpc) is 3.19. The van der Waals surface area contributed by atoms with Crippen LogP contribution in [-0.4, -0.2) is 53.6 Å². The van der Waals surface area contributed by atoms with Crippen molar-refractivity contribution in [2.45, 2.75) is 26.7 Å². The van der Waals surface area contributed by atoms with Gasteiger partial charge in [-0.05, 0) is 38.1 Å². The van der Waals surface area contributed by atoms with E-state index >= 15 is 0 Å². The number of anilines is 4. The molecule has 9 nitrogen and oxygen atoms in total. The predicted octanol–water partition coefficient (Wildman–Crippen LogP) is 4.35.